The molecule has 3 nitrogen and oxygen atoms in total. The fraction of sp³-hybridized carbons (Fsp3) is 0.800. The highest BCUT2D eigenvalue weighted by Gasteiger charge is 2.03. The number of hydrogen-bond acceptors (Lipinski definition) is 2. The average molecular weight is 152 g/mol. The van der Waals surface area contributed by atoms with Crippen molar-refractivity contribution >= 4 is 13.4 Å². The van der Waals surface area contributed by atoms with Crippen LogP contribution in [0.15, 0.2) is 0 Å². The van der Waals surface area contributed by atoms with Crippen LogP contribution in [0.25, 0.3) is 0 Å². The largest absolute Gasteiger partial charge is 0.565 e. The Morgan fingerprint density at radius 3 is 1.33 bits per heavy atom. The first-order valence-corrected chi connectivity index (χ1v) is 6.00. The van der Waals surface area contributed by atoms with E-state index in [1.54, 1.807) is 0 Å². The van der Waals surface area contributed by atoms with E-state index in [0.29, 0.717) is 0 Å². The number of carboxylic acid groups (broad SMARTS) is 2. The highest BCUT2D eigenvalue weighted by molar-refractivity contribution is 7.72. The maximum Gasteiger partial charge on any atom is 0.249 e. The molecule has 0 fully saturated rings. The van der Waals surface area contributed by atoms with Gasteiger partial charge in [-0.25, -0.2) is 0 Å². The van der Waals surface area contributed by atoms with Crippen LogP contribution in [0.4, 0.5) is 4.79 Å². The van der Waals surface area contributed by atoms with Gasteiger partial charge in [-0.15, -0.1) is 0 Å². The lowest BCUT2D eigenvalue weighted by Crippen LogP contribution is -2.17. The third-order valence-corrected chi connectivity index (χ3v) is 0. The number of rotatable bonds is 0. The molecule has 9 heavy (non-hydrogen) atoms. The predicted molar refractivity (Wildman–Crippen MR) is 38.6 cm³/mol. The van der Waals surface area contributed by atoms with Gasteiger partial charge in [0.05, 0.1) is 0 Å². The Bertz CT molecular complexity index is 74.7. The van der Waals surface area contributed by atoms with Crippen molar-refractivity contribution in [3.05, 3.63) is 0 Å². The first-order chi connectivity index (χ1) is 3.73. The van der Waals surface area contributed by atoms with E-state index in [2.05, 4.69) is 26.7 Å². The van der Waals surface area contributed by atoms with E-state index >= 15 is 0 Å². The lowest BCUT2D eigenvalue weighted by Gasteiger charge is -1.97. The summed E-state index contributed by atoms with van der Waals surface area (Å²) in [6.45, 7) is 9.19. The molecule has 0 radical (unpaired) electrons. The van der Waals surface area contributed by atoms with E-state index < -0.39 is 6.16 Å². The van der Waals surface area contributed by atoms with Gasteiger partial charge in [-0.3, -0.25) is 0 Å². The van der Waals surface area contributed by atoms with Crippen LogP contribution < -0.4 is 5.11 Å². The van der Waals surface area contributed by atoms with Crippen LogP contribution in [-0.2, 0) is 0 Å². The molecule has 0 aromatic carbocycles. The van der Waals surface area contributed by atoms with E-state index in [0.717, 1.165) is 0 Å². The minimum absolute atomic E-state index is 0.389. The highest BCUT2D eigenvalue weighted by Crippen LogP contribution is 2.40. The van der Waals surface area contributed by atoms with E-state index in [1.165, 1.54) is 0 Å². The molecule has 0 heterocycles. The van der Waals surface area contributed by atoms with Crippen molar-refractivity contribution in [3.8, 4) is 0 Å². The van der Waals surface area contributed by atoms with Gasteiger partial charge in [-0.2, -0.15) is 0 Å². The normalized spacial score (nSPS) is 9.33. The van der Waals surface area contributed by atoms with Gasteiger partial charge in [0.2, 0.25) is 6.16 Å². The van der Waals surface area contributed by atoms with Gasteiger partial charge in [0.15, 0.2) is 0 Å². The third kappa shape index (κ3) is 2780. The van der Waals surface area contributed by atoms with Gasteiger partial charge in [-0.05, 0) is 0 Å². The molecule has 0 spiro atoms. The van der Waals surface area contributed by atoms with Gasteiger partial charge >= 0.3 is 0 Å². The minimum Gasteiger partial charge on any atom is -0.565 e. The van der Waals surface area contributed by atoms with Crippen LogP contribution in [0.5, 0.6) is 0 Å². The number of carbonyl (C=O) groups is 1. The smallest absolute Gasteiger partial charge is 0.249 e. The Kier molecular flexibility index (Phi) is 5.83. The van der Waals surface area contributed by atoms with Gasteiger partial charge in [0.25, 0.3) is 0 Å². The second-order valence-corrected chi connectivity index (χ2v) is 8.32. The molecule has 0 aromatic heterocycles. The molecule has 1 N–H and O–H groups in total. The van der Waals surface area contributed by atoms with Gasteiger partial charge in [0, 0.05) is 33.9 Å². The molecule has 0 aliphatic carbocycles. The van der Waals surface area contributed by atoms with Gasteiger partial charge in [-0.1, -0.05) is 0 Å². The van der Waals surface area contributed by atoms with E-state index in [-0.39, 0.29) is 7.26 Å². The molecule has 0 bridgehead atoms. The third-order valence-electron chi connectivity index (χ3n) is 0. The molecular weight excluding hydrogens is 139 g/mol. The number of hydrogen-bond donors (Lipinski definition) is 1. The van der Waals surface area contributed by atoms with E-state index in [1.807, 2.05) is 0 Å². The molecule has 0 aromatic rings. The fourth-order valence-electron chi connectivity index (χ4n) is 0. The average Bonchev–Trinajstić information content (AvgIpc) is 1.19. The summed E-state index contributed by atoms with van der Waals surface area (Å²) in [5.41, 5.74) is 0. The molecule has 0 unspecified atom stereocenters. The first-order valence-electron chi connectivity index (χ1n) is 2.42. The lowest BCUT2D eigenvalue weighted by molar-refractivity contribution is -0.275. The molecule has 56 valence electrons. The summed E-state index contributed by atoms with van der Waals surface area (Å²) in [7, 11) is -0.389. The fourth-order valence-corrected chi connectivity index (χ4v) is 0. The van der Waals surface area contributed by atoms with E-state index in [9.17, 15) is 0 Å². The Morgan fingerprint density at radius 1 is 1.33 bits per heavy atom. The summed E-state index contributed by atoms with van der Waals surface area (Å²) in [5.74, 6) is 0. The van der Waals surface area contributed by atoms with Crippen molar-refractivity contribution in [1.82, 2.24) is 0 Å². The van der Waals surface area contributed by atoms with E-state index in [4.69, 9.17) is 15.0 Å². The van der Waals surface area contributed by atoms with Crippen LogP contribution in [0.1, 0.15) is 0 Å². The molecule has 0 atom stereocenters. The van der Waals surface area contributed by atoms with Crippen LogP contribution in [0.3, 0.4) is 0 Å². The maximum atomic E-state index is 8.44. The van der Waals surface area contributed by atoms with Gasteiger partial charge < -0.3 is 15.0 Å². The van der Waals surface area contributed by atoms with Crippen LogP contribution in [0.2, 0.25) is 0 Å². The van der Waals surface area contributed by atoms with Crippen LogP contribution >= 0.6 is 7.26 Å². The molecule has 0 aliphatic heterocycles. The zero-order valence-corrected chi connectivity index (χ0v) is 7.11. The Hall–Kier alpha value is -0.300. The van der Waals surface area contributed by atoms with Crippen LogP contribution in [-0.4, -0.2) is 37.9 Å². The van der Waals surface area contributed by atoms with Crippen LogP contribution in [0, 0.1) is 0 Å². The topological polar surface area (TPSA) is 60.4 Å². The first kappa shape index (κ1) is 11.5. The Morgan fingerprint density at radius 2 is 1.33 bits per heavy atom. The summed E-state index contributed by atoms with van der Waals surface area (Å²) in [5, 5.41) is 15.3. The monoisotopic (exact) mass is 152 g/mol. The Balaban J connectivity index is 0. The minimum atomic E-state index is -2.08. The summed E-state index contributed by atoms with van der Waals surface area (Å²) >= 11 is 0. The van der Waals surface area contributed by atoms with Crippen molar-refractivity contribution in [3.63, 3.8) is 0 Å². The zero-order valence-electron chi connectivity index (χ0n) is 6.21. The SMILES string of the molecule is C[P+](C)(C)C.O=C([O-])O. The molecule has 0 rings (SSSR count). The summed E-state index contributed by atoms with van der Waals surface area (Å²) in [4.78, 5) is 8.44. The zero-order chi connectivity index (χ0) is 8.08. The molecule has 0 aliphatic rings. The van der Waals surface area contributed by atoms with Crippen molar-refractivity contribution in [2.75, 3.05) is 26.7 Å². The molecule has 0 amide bonds. The maximum absolute atomic E-state index is 8.44. The second kappa shape index (κ2) is 4.57. The van der Waals surface area contributed by atoms with Crippen molar-refractivity contribution in [2.24, 2.45) is 0 Å². The summed E-state index contributed by atoms with van der Waals surface area (Å²) in [6, 6.07) is 0. The molecule has 4 heteroatoms. The van der Waals surface area contributed by atoms with Crippen molar-refractivity contribution < 1.29 is 15.0 Å². The molecule has 0 saturated carbocycles. The second-order valence-electron chi connectivity index (χ2n) is 2.95. The van der Waals surface area contributed by atoms with Gasteiger partial charge in [0.1, 0.15) is 0 Å². The lowest BCUT2D eigenvalue weighted by atomic mass is 11.5. The summed E-state index contributed by atoms with van der Waals surface area (Å²) in [6.07, 6.45) is -2.08. The quantitative estimate of drug-likeness (QED) is 0.511. The predicted octanol–water partition coefficient (Wildman–Crippen LogP) is 0.411. The van der Waals surface area contributed by atoms with Crippen molar-refractivity contribution in [1.29, 1.82) is 0 Å². The molecule has 0 saturated heterocycles. The van der Waals surface area contributed by atoms with Crippen molar-refractivity contribution in [2.45, 2.75) is 0 Å². The molecular formula is C5H13O3P. The standard InChI is InChI=1S/C4H12P.CH2O3/c1-5(2,3)4;2-1(3)4/h1-4H3;(H2,2,3,4)/q+1;/p-1. The highest BCUT2D eigenvalue weighted by atomic mass is 31.2. The Labute approximate surface area is 56.0 Å². The summed E-state index contributed by atoms with van der Waals surface area (Å²) < 4.78 is 0.